The Morgan fingerprint density at radius 2 is 1.89 bits per heavy atom. The van der Waals surface area contributed by atoms with Crippen LogP contribution in [0, 0.1) is 0 Å². The highest BCUT2D eigenvalue weighted by Gasteiger charge is 2.34. The summed E-state index contributed by atoms with van der Waals surface area (Å²) in [5.41, 5.74) is 0.531. The molecule has 0 bridgehead atoms. The van der Waals surface area contributed by atoms with Crippen LogP contribution < -0.4 is 0 Å². The molecule has 0 radical (unpaired) electrons. The highest BCUT2D eigenvalue weighted by atomic mass is 16.6. The number of esters is 1. The van der Waals surface area contributed by atoms with Crippen molar-refractivity contribution in [1.82, 2.24) is 14.7 Å². The van der Waals surface area contributed by atoms with Crippen molar-refractivity contribution in [1.29, 1.82) is 0 Å². The third kappa shape index (κ3) is 5.47. The first-order valence-corrected chi connectivity index (χ1v) is 9.67. The minimum absolute atomic E-state index is 0.0549. The van der Waals surface area contributed by atoms with Crippen molar-refractivity contribution in [3.8, 4) is 0 Å². The van der Waals surface area contributed by atoms with Gasteiger partial charge in [0.2, 0.25) is 0 Å². The first-order valence-electron chi connectivity index (χ1n) is 9.67. The lowest BCUT2D eigenvalue weighted by Crippen LogP contribution is -2.42. The van der Waals surface area contributed by atoms with E-state index in [0.29, 0.717) is 25.4 Å². The van der Waals surface area contributed by atoms with Crippen molar-refractivity contribution in [2.24, 2.45) is 0 Å². The Labute approximate surface area is 162 Å². The van der Waals surface area contributed by atoms with Gasteiger partial charge in [0.05, 0.1) is 24.9 Å². The second-order valence-corrected chi connectivity index (χ2v) is 9.04. The second kappa shape index (κ2) is 7.90. The third-order valence-corrected chi connectivity index (χ3v) is 4.42. The van der Waals surface area contributed by atoms with Crippen molar-refractivity contribution in [3.05, 3.63) is 17.5 Å². The zero-order valence-corrected chi connectivity index (χ0v) is 17.7. The van der Waals surface area contributed by atoms with Gasteiger partial charge in [-0.2, -0.15) is 5.10 Å². The monoisotopic (exact) mass is 379 g/mol. The van der Waals surface area contributed by atoms with E-state index in [1.165, 1.54) is 0 Å². The van der Waals surface area contributed by atoms with Gasteiger partial charge in [-0.3, -0.25) is 4.68 Å². The van der Waals surface area contributed by atoms with Crippen LogP contribution in [0.1, 0.15) is 77.5 Å². The molecule has 7 nitrogen and oxygen atoms in total. The van der Waals surface area contributed by atoms with Crippen LogP contribution in [-0.2, 0) is 21.4 Å². The number of hydrogen-bond donors (Lipinski definition) is 0. The molecule has 2 rings (SSSR count). The minimum atomic E-state index is -0.536. The standard InChI is InChI=1S/C20H33N3O4/c1-8-26-17(24)15-12-16(19(2,3)4)21-23(15)13-14-10-9-11-22(14)18(25)27-20(5,6)7/h12,14H,8-11,13H2,1-7H3/t14-/m0/s1. The van der Waals surface area contributed by atoms with Gasteiger partial charge in [0, 0.05) is 12.0 Å². The topological polar surface area (TPSA) is 73.7 Å². The van der Waals surface area contributed by atoms with Crippen molar-refractivity contribution in [2.45, 2.75) is 84.9 Å². The lowest BCUT2D eigenvalue weighted by atomic mass is 9.92. The van der Waals surface area contributed by atoms with Crippen molar-refractivity contribution in [2.75, 3.05) is 13.2 Å². The largest absolute Gasteiger partial charge is 0.461 e. The van der Waals surface area contributed by atoms with Crippen LogP contribution in [0.2, 0.25) is 0 Å². The minimum Gasteiger partial charge on any atom is -0.461 e. The van der Waals surface area contributed by atoms with Gasteiger partial charge in [-0.15, -0.1) is 0 Å². The molecule has 1 fully saturated rings. The number of ether oxygens (including phenoxy) is 2. The summed E-state index contributed by atoms with van der Waals surface area (Å²) in [7, 11) is 0. The van der Waals surface area contributed by atoms with E-state index in [2.05, 4.69) is 25.9 Å². The summed E-state index contributed by atoms with van der Waals surface area (Å²) in [6.45, 7) is 14.9. The van der Waals surface area contributed by atoms with Gasteiger partial charge in [0.25, 0.3) is 0 Å². The fourth-order valence-corrected chi connectivity index (χ4v) is 3.08. The number of nitrogens with zero attached hydrogens (tertiary/aromatic N) is 3. The van der Waals surface area contributed by atoms with Gasteiger partial charge in [-0.05, 0) is 46.6 Å². The van der Waals surface area contributed by atoms with E-state index in [0.717, 1.165) is 18.5 Å². The van der Waals surface area contributed by atoms with Crippen LogP contribution in [0.15, 0.2) is 6.07 Å². The molecule has 7 heteroatoms. The number of carbonyl (C=O) groups excluding carboxylic acids is 2. The molecule has 27 heavy (non-hydrogen) atoms. The van der Waals surface area contributed by atoms with Gasteiger partial charge < -0.3 is 14.4 Å². The molecule has 1 aliphatic rings. The van der Waals surface area contributed by atoms with Gasteiger partial charge in [0.1, 0.15) is 11.3 Å². The summed E-state index contributed by atoms with van der Waals surface area (Å²) in [6.07, 6.45) is 1.45. The molecule has 0 N–H and O–H groups in total. The molecule has 0 spiro atoms. The molecule has 1 aliphatic heterocycles. The quantitative estimate of drug-likeness (QED) is 0.745. The summed E-state index contributed by atoms with van der Waals surface area (Å²) in [6, 6.07) is 1.74. The number of likely N-dealkylation sites (tertiary alicyclic amines) is 1. The molecule has 0 aromatic carbocycles. The van der Waals surface area contributed by atoms with Crippen LogP contribution in [0.25, 0.3) is 0 Å². The Bertz CT molecular complexity index is 682. The van der Waals surface area contributed by atoms with Gasteiger partial charge in [-0.25, -0.2) is 9.59 Å². The normalized spacial score (nSPS) is 17.9. The maximum Gasteiger partial charge on any atom is 0.410 e. The molecule has 0 saturated carbocycles. The maximum atomic E-state index is 12.5. The van der Waals surface area contributed by atoms with E-state index in [1.807, 2.05) is 20.8 Å². The fraction of sp³-hybridized carbons (Fsp3) is 0.750. The molecule has 1 aromatic rings. The number of aromatic nitrogens is 2. The van der Waals surface area contributed by atoms with E-state index < -0.39 is 5.60 Å². The molecule has 1 atom stereocenters. The number of carbonyl (C=O) groups is 2. The van der Waals surface area contributed by atoms with Crippen molar-refractivity contribution in [3.63, 3.8) is 0 Å². The summed E-state index contributed by atoms with van der Waals surface area (Å²) in [5.74, 6) is -0.387. The SMILES string of the molecule is CCOC(=O)c1cc(C(C)(C)C)nn1C[C@@H]1CCCN1C(=O)OC(C)(C)C. The zero-order valence-electron chi connectivity index (χ0n) is 17.7. The first kappa shape index (κ1) is 21.3. The van der Waals surface area contributed by atoms with E-state index in [4.69, 9.17) is 9.47 Å². The number of rotatable bonds is 4. The Morgan fingerprint density at radius 1 is 1.22 bits per heavy atom. The molecule has 0 unspecified atom stereocenters. The summed E-state index contributed by atoms with van der Waals surface area (Å²) in [5, 5.41) is 4.65. The molecule has 1 aromatic heterocycles. The van der Waals surface area contributed by atoms with Gasteiger partial charge in [-0.1, -0.05) is 20.8 Å². The Kier molecular flexibility index (Phi) is 6.22. The first-order chi connectivity index (χ1) is 12.4. The average molecular weight is 380 g/mol. The van der Waals surface area contributed by atoms with Crippen LogP contribution in [0.5, 0.6) is 0 Å². The molecule has 1 saturated heterocycles. The van der Waals surface area contributed by atoms with Crippen molar-refractivity contribution < 1.29 is 19.1 Å². The Morgan fingerprint density at radius 3 is 2.44 bits per heavy atom. The lowest BCUT2D eigenvalue weighted by molar-refractivity contribution is 0.0210. The maximum absolute atomic E-state index is 12.5. The Hall–Kier alpha value is -2.05. The van der Waals surface area contributed by atoms with Crippen LogP contribution in [0.4, 0.5) is 4.79 Å². The van der Waals surface area contributed by atoms with E-state index in [-0.39, 0.29) is 23.5 Å². The highest BCUT2D eigenvalue weighted by molar-refractivity contribution is 5.87. The van der Waals surface area contributed by atoms with E-state index in [1.54, 1.807) is 22.6 Å². The summed E-state index contributed by atoms with van der Waals surface area (Å²) < 4.78 is 12.4. The molecule has 2 heterocycles. The van der Waals surface area contributed by atoms with E-state index in [9.17, 15) is 9.59 Å². The zero-order chi connectivity index (χ0) is 20.4. The third-order valence-electron chi connectivity index (χ3n) is 4.42. The molecule has 1 amide bonds. The molecule has 0 aliphatic carbocycles. The number of amides is 1. The van der Waals surface area contributed by atoms with E-state index >= 15 is 0 Å². The molecular formula is C20H33N3O4. The molecular weight excluding hydrogens is 346 g/mol. The predicted octanol–water partition coefficient (Wildman–Crippen LogP) is 3.76. The Balaban J connectivity index is 2.25. The average Bonchev–Trinajstić information content (AvgIpc) is 3.12. The second-order valence-electron chi connectivity index (χ2n) is 9.04. The number of hydrogen-bond acceptors (Lipinski definition) is 5. The lowest BCUT2D eigenvalue weighted by Gasteiger charge is -2.28. The highest BCUT2D eigenvalue weighted by Crippen LogP contribution is 2.25. The van der Waals surface area contributed by atoms with Gasteiger partial charge in [0.15, 0.2) is 0 Å². The predicted molar refractivity (Wildman–Crippen MR) is 103 cm³/mol. The van der Waals surface area contributed by atoms with Gasteiger partial charge >= 0.3 is 12.1 Å². The summed E-state index contributed by atoms with van der Waals surface area (Å²) in [4.78, 5) is 26.7. The van der Waals surface area contributed by atoms with Crippen molar-refractivity contribution >= 4 is 12.1 Å². The van der Waals surface area contributed by atoms with Crippen LogP contribution in [-0.4, -0.2) is 51.5 Å². The van der Waals surface area contributed by atoms with Crippen LogP contribution >= 0.6 is 0 Å². The summed E-state index contributed by atoms with van der Waals surface area (Å²) >= 11 is 0. The smallest absolute Gasteiger partial charge is 0.410 e. The van der Waals surface area contributed by atoms with Crippen LogP contribution in [0.3, 0.4) is 0 Å². The molecule has 152 valence electrons. The fourth-order valence-electron chi connectivity index (χ4n) is 3.08.